The lowest BCUT2D eigenvalue weighted by atomic mass is 9.96. The van der Waals surface area contributed by atoms with Gasteiger partial charge in [-0.1, -0.05) is 32.5 Å². The fourth-order valence-corrected chi connectivity index (χ4v) is 2.20. The van der Waals surface area contributed by atoms with E-state index in [1.807, 2.05) is 20.8 Å². The molecule has 0 aliphatic rings. The Balaban J connectivity index is 2.64. The lowest BCUT2D eigenvalue weighted by Gasteiger charge is -2.11. The summed E-state index contributed by atoms with van der Waals surface area (Å²) in [6.07, 6.45) is 0. The number of rotatable bonds is 3. The highest BCUT2D eigenvalue weighted by molar-refractivity contribution is 8.01. The molecule has 0 aliphatic heterocycles. The second-order valence-electron chi connectivity index (χ2n) is 3.82. The van der Waals surface area contributed by atoms with Crippen LogP contribution in [0.3, 0.4) is 0 Å². The van der Waals surface area contributed by atoms with Crippen molar-refractivity contribution in [2.24, 2.45) is 0 Å². The molecule has 1 aromatic heterocycles. The van der Waals surface area contributed by atoms with Gasteiger partial charge in [0.2, 0.25) is 0 Å². The molecular formula is C8H12N2O2S2. The molecule has 6 heteroatoms. The third-order valence-electron chi connectivity index (χ3n) is 1.40. The molecule has 0 unspecified atom stereocenters. The van der Waals surface area contributed by atoms with Crippen LogP contribution in [0.1, 0.15) is 26.6 Å². The molecule has 1 N–H and O–H groups in total. The van der Waals surface area contributed by atoms with Gasteiger partial charge in [0.25, 0.3) is 0 Å². The fourth-order valence-electron chi connectivity index (χ4n) is 0.696. The number of aromatic nitrogens is 2. The summed E-state index contributed by atoms with van der Waals surface area (Å²) >= 11 is 2.47. The van der Waals surface area contributed by atoms with Crippen molar-refractivity contribution in [3.8, 4) is 0 Å². The number of carboxylic acid groups (broad SMARTS) is 1. The van der Waals surface area contributed by atoms with Crippen LogP contribution in [0.2, 0.25) is 0 Å². The highest BCUT2D eigenvalue weighted by Gasteiger charge is 2.19. The van der Waals surface area contributed by atoms with Crippen molar-refractivity contribution in [3.63, 3.8) is 0 Å². The van der Waals surface area contributed by atoms with Crippen molar-refractivity contribution in [2.75, 3.05) is 5.75 Å². The molecule has 0 spiro atoms. The van der Waals surface area contributed by atoms with Gasteiger partial charge in [0.15, 0.2) is 4.34 Å². The van der Waals surface area contributed by atoms with Crippen LogP contribution >= 0.6 is 23.3 Å². The highest BCUT2D eigenvalue weighted by Crippen LogP contribution is 2.25. The second kappa shape index (κ2) is 4.27. The van der Waals surface area contributed by atoms with E-state index in [1.165, 1.54) is 23.3 Å². The number of nitrogens with zero attached hydrogens (tertiary/aromatic N) is 2. The molecule has 0 saturated heterocycles. The van der Waals surface area contributed by atoms with Crippen molar-refractivity contribution in [2.45, 2.75) is 30.5 Å². The van der Waals surface area contributed by atoms with E-state index in [2.05, 4.69) is 9.36 Å². The summed E-state index contributed by atoms with van der Waals surface area (Å²) in [5.74, 6) is -0.0170. The van der Waals surface area contributed by atoms with Crippen LogP contribution in [0.4, 0.5) is 0 Å². The largest absolute Gasteiger partial charge is 0.481 e. The summed E-state index contributed by atoms with van der Waals surface area (Å²) < 4.78 is 4.90. The van der Waals surface area contributed by atoms with Crippen LogP contribution < -0.4 is 0 Å². The number of hydrogen-bond acceptors (Lipinski definition) is 5. The van der Waals surface area contributed by atoms with Gasteiger partial charge in [-0.3, -0.25) is 4.79 Å². The zero-order valence-corrected chi connectivity index (χ0v) is 9.91. The van der Waals surface area contributed by atoms with Gasteiger partial charge < -0.3 is 5.11 Å². The van der Waals surface area contributed by atoms with Gasteiger partial charge in [-0.15, -0.1) is 0 Å². The molecule has 14 heavy (non-hydrogen) atoms. The molecule has 1 heterocycles. The third kappa shape index (κ3) is 3.26. The van der Waals surface area contributed by atoms with Crippen LogP contribution in [0, 0.1) is 0 Å². The standard InChI is InChI=1S/C8H12N2O2S2/c1-8(2,3)6-9-7(14-10-6)13-4-5(11)12/h4H2,1-3H3,(H,11,12). The minimum Gasteiger partial charge on any atom is -0.481 e. The molecule has 4 nitrogen and oxygen atoms in total. The predicted molar refractivity (Wildman–Crippen MR) is 57.0 cm³/mol. The quantitative estimate of drug-likeness (QED) is 0.808. The minimum absolute atomic E-state index is 0.0405. The Labute approximate surface area is 90.9 Å². The number of thioether (sulfide) groups is 1. The average molecular weight is 232 g/mol. The van der Waals surface area contributed by atoms with Crippen molar-refractivity contribution < 1.29 is 9.90 Å². The number of carbonyl (C=O) groups is 1. The van der Waals surface area contributed by atoms with Crippen LogP contribution in [0.25, 0.3) is 0 Å². The molecule has 0 fully saturated rings. The van der Waals surface area contributed by atoms with E-state index >= 15 is 0 Å². The Morgan fingerprint density at radius 2 is 2.21 bits per heavy atom. The Morgan fingerprint density at radius 1 is 1.57 bits per heavy atom. The average Bonchev–Trinajstić information content (AvgIpc) is 2.47. The Bertz CT molecular complexity index is 330. The summed E-state index contributed by atoms with van der Waals surface area (Å²) in [7, 11) is 0. The molecule has 1 aromatic rings. The molecule has 0 aliphatic carbocycles. The number of aliphatic carboxylic acids is 1. The monoisotopic (exact) mass is 232 g/mol. The van der Waals surface area contributed by atoms with Gasteiger partial charge in [-0.05, 0) is 11.5 Å². The molecule has 0 amide bonds. The maximum absolute atomic E-state index is 10.3. The van der Waals surface area contributed by atoms with Crippen LogP contribution in [0.5, 0.6) is 0 Å². The first-order chi connectivity index (χ1) is 6.39. The van der Waals surface area contributed by atoms with Crippen molar-refractivity contribution in [3.05, 3.63) is 5.82 Å². The summed E-state index contributed by atoms with van der Waals surface area (Å²) in [4.78, 5) is 14.6. The molecular weight excluding hydrogens is 220 g/mol. The van der Waals surface area contributed by atoms with Crippen LogP contribution in [0.15, 0.2) is 4.34 Å². The molecule has 1 rings (SSSR count). The second-order valence-corrected chi connectivity index (χ2v) is 5.79. The number of carboxylic acids is 1. The van der Waals surface area contributed by atoms with E-state index in [1.54, 1.807) is 0 Å². The van der Waals surface area contributed by atoms with Gasteiger partial charge in [0, 0.05) is 5.41 Å². The third-order valence-corrected chi connectivity index (χ3v) is 3.22. The lowest BCUT2D eigenvalue weighted by molar-refractivity contribution is -0.133. The number of hydrogen-bond donors (Lipinski definition) is 1. The van der Waals surface area contributed by atoms with Crippen LogP contribution in [-0.2, 0) is 10.2 Å². The van der Waals surface area contributed by atoms with Crippen LogP contribution in [-0.4, -0.2) is 26.2 Å². The highest BCUT2D eigenvalue weighted by atomic mass is 32.2. The van der Waals surface area contributed by atoms with Gasteiger partial charge in [-0.25, -0.2) is 4.98 Å². The van der Waals surface area contributed by atoms with E-state index in [0.717, 1.165) is 10.2 Å². The maximum atomic E-state index is 10.3. The molecule has 0 aromatic carbocycles. The Hall–Kier alpha value is -0.620. The van der Waals surface area contributed by atoms with E-state index in [0.29, 0.717) is 0 Å². The van der Waals surface area contributed by atoms with Crippen molar-refractivity contribution >= 4 is 29.3 Å². The molecule has 0 saturated carbocycles. The SMILES string of the molecule is CC(C)(C)c1nsc(SCC(=O)O)n1. The minimum atomic E-state index is -0.831. The first-order valence-electron chi connectivity index (χ1n) is 4.08. The van der Waals surface area contributed by atoms with E-state index in [9.17, 15) is 4.79 Å². The zero-order valence-electron chi connectivity index (χ0n) is 8.27. The molecule has 0 atom stereocenters. The summed E-state index contributed by atoms with van der Waals surface area (Å²) in [5.41, 5.74) is -0.0709. The summed E-state index contributed by atoms with van der Waals surface area (Å²) in [6.45, 7) is 6.09. The van der Waals surface area contributed by atoms with Gasteiger partial charge in [-0.2, -0.15) is 4.37 Å². The van der Waals surface area contributed by atoms with Gasteiger partial charge in [0.05, 0.1) is 5.75 Å². The van der Waals surface area contributed by atoms with Crippen molar-refractivity contribution in [1.29, 1.82) is 0 Å². The van der Waals surface area contributed by atoms with Crippen molar-refractivity contribution in [1.82, 2.24) is 9.36 Å². The van der Waals surface area contributed by atoms with Gasteiger partial charge in [0.1, 0.15) is 5.82 Å². The summed E-state index contributed by atoms with van der Waals surface area (Å²) in [5, 5.41) is 8.48. The topological polar surface area (TPSA) is 63.1 Å². The van der Waals surface area contributed by atoms with Gasteiger partial charge >= 0.3 is 5.97 Å². The predicted octanol–water partition coefficient (Wildman–Crippen LogP) is 2.01. The van der Waals surface area contributed by atoms with E-state index < -0.39 is 5.97 Å². The normalized spacial score (nSPS) is 11.6. The summed E-state index contributed by atoms with van der Waals surface area (Å²) in [6, 6.07) is 0. The zero-order chi connectivity index (χ0) is 10.8. The molecule has 78 valence electrons. The van der Waals surface area contributed by atoms with E-state index in [4.69, 9.17) is 5.11 Å². The fraction of sp³-hybridized carbons (Fsp3) is 0.625. The molecule has 0 radical (unpaired) electrons. The Morgan fingerprint density at radius 3 is 2.64 bits per heavy atom. The first kappa shape index (κ1) is 11.5. The lowest BCUT2D eigenvalue weighted by Crippen LogP contribution is -2.13. The van der Waals surface area contributed by atoms with E-state index in [-0.39, 0.29) is 11.2 Å². The molecule has 0 bridgehead atoms. The maximum Gasteiger partial charge on any atom is 0.313 e. The first-order valence-corrected chi connectivity index (χ1v) is 5.84. The smallest absolute Gasteiger partial charge is 0.313 e. The Kier molecular flexibility index (Phi) is 3.49.